The highest BCUT2D eigenvalue weighted by atomic mass is 16.2. The number of hydrogen-bond donors (Lipinski definition) is 2. The van der Waals surface area contributed by atoms with Crippen LogP contribution >= 0.6 is 0 Å². The molecule has 0 aliphatic rings. The van der Waals surface area contributed by atoms with Crippen LogP contribution in [0.5, 0.6) is 0 Å². The van der Waals surface area contributed by atoms with Gasteiger partial charge >= 0.3 is 0 Å². The molecule has 0 aliphatic heterocycles. The van der Waals surface area contributed by atoms with Crippen molar-refractivity contribution in [1.82, 2.24) is 0 Å². The molecule has 0 aromatic rings. The van der Waals surface area contributed by atoms with Gasteiger partial charge in [0.2, 0.25) is 11.8 Å². The number of carbonyl (C=O) groups is 2. The molecule has 390 valence electrons. The number of amides is 2. The van der Waals surface area contributed by atoms with E-state index in [0.29, 0.717) is 12.8 Å². The summed E-state index contributed by atoms with van der Waals surface area (Å²) >= 11 is 0. The van der Waals surface area contributed by atoms with E-state index in [1.807, 2.05) is 0 Å². The third kappa shape index (κ3) is 42.5. The van der Waals surface area contributed by atoms with Gasteiger partial charge in [-0.2, -0.15) is 0 Å². The van der Waals surface area contributed by atoms with Crippen LogP contribution in [-0.4, -0.2) is 11.8 Å². The summed E-state index contributed by atoms with van der Waals surface area (Å²) in [5.41, 5.74) is 11.8. The van der Waals surface area contributed by atoms with Gasteiger partial charge < -0.3 is 11.5 Å². The highest BCUT2D eigenvalue weighted by molar-refractivity contribution is 5.89. The molecule has 4 nitrogen and oxygen atoms in total. The predicted molar refractivity (Wildman–Crippen MR) is 295 cm³/mol. The molecule has 2 atom stereocenters. The minimum Gasteiger partial charge on any atom is -0.369 e. The minimum absolute atomic E-state index is 0.273. The largest absolute Gasteiger partial charge is 0.369 e. The zero-order valence-electron chi connectivity index (χ0n) is 45.4. The van der Waals surface area contributed by atoms with Gasteiger partial charge in [-0.1, -0.05) is 302 Å². The minimum atomic E-state index is -0.798. The van der Waals surface area contributed by atoms with E-state index in [4.69, 9.17) is 11.5 Å². The van der Waals surface area contributed by atoms with E-state index in [9.17, 15) is 9.59 Å². The zero-order chi connectivity index (χ0) is 48.1. The molecule has 0 bridgehead atoms. The second-order valence-electron chi connectivity index (χ2n) is 21.4. The van der Waals surface area contributed by atoms with Crippen LogP contribution in [0.1, 0.15) is 348 Å². The van der Waals surface area contributed by atoms with Crippen molar-refractivity contribution in [3.05, 3.63) is 24.3 Å². The summed E-state index contributed by atoms with van der Waals surface area (Å²) < 4.78 is 0. The second kappa shape index (κ2) is 52.8. The molecule has 2 unspecified atom stereocenters. The Bertz CT molecular complexity index is 1050. The van der Waals surface area contributed by atoms with Crippen molar-refractivity contribution in [2.75, 3.05) is 0 Å². The van der Waals surface area contributed by atoms with Crippen molar-refractivity contribution in [2.24, 2.45) is 22.8 Å². The topological polar surface area (TPSA) is 86.2 Å². The molecule has 0 radical (unpaired) electrons. The molecular formula is C62H120N2O2. The standard InChI is InChI=1S/C62H120N2O2/c1-4-7-10-13-16-19-22-25-28-31-33-35-38-41-44-47-50-53-56-59(60(63)65)62(61(64)66,57-54-51-48-45-42-39-36-30-27-24-21-18-15-12-9-6-3)58-55-52-49-46-43-40-37-34-32-29-26-23-20-17-14-11-8-5-2/h25-26,28-29,59H,4-24,27,30-58H2,1-3H3,(H2,63,65)(H2,64,66)/b28-25-,29-26-. The van der Waals surface area contributed by atoms with Gasteiger partial charge in [-0.05, 0) is 70.6 Å². The molecule has 4 N–H and O–H groups in total. The second-order valence-corrected chi connectivity index (χ2v) is 21.4. The lowest BCUT2D eigenvalue weighted by Crippen LogP contribution is -2.48. The van der Waals surface area contributed by atoms with Crippen molar-refractivity contribution < 1.29 is 9.59 Å². The molecule has 0 heterocycles. The summed E-state index contributed by atoms with van der Waals surface area (Å²) in [5, 5.41) is 0. The van der Waals surface area contributed by atoms with Gasteiger partial charge in [0.15, 0.2) is 0 Å². The predicted octanol–water partition coefficient (Wildman–Crippen LogP) is 20.6. The van der Waals surface area contributed by atoms with Gasteiger partial charge in [0, 0.05) is 0 Å². The van der Waals surface area contributed by atoms with Crippen LogP contribution in [0, 0.1) is 11.3 Å². The van der Waals surface area contributed by atoms with E-state index >= 15 is 0 Å². The molecule has 0 aromatic heterocycles. The maximum absolute atomic E-state index is 13.6. The number of hydrogen-bond acceptors (Lipinski definition) is 2. The first-order valence-corrected chi connectivity index (χ1v) is 30.3. The Morgan fingerprint density at radius 2 is 0.530 bits per heavy atom. The van der Waals surface area contributed by atoms with Crippen LogP contribution in [0.3, 0.4) is 0 Å². The number of carbonyl (C=O) groups excluding carboxylic acids is 2. The Kier molecular flexibility index (Phi) is 51.5. The fraction of sp³-hybridized carbons (Fsp3) is 0.903. The average molecular weight is 926 g/mol. The molecule has 2 amide bonds. The molecule has 0 aliphatic carbocycles. The molecule has 0 saturated carbocycles. The van der Waals surface area contributed by atoms with Gasteiger partial charge in [-0.15, -0.1) is 0 Å². The first-order chi connectivity index (χ1) is 32.5. The van der Waals surface area contributed by atoms with Crippen molar-refractivity contribution >= 4 is 11.8 Å². The molecule has 0 spiro atoms. The van der Waals surface area contributed by atoms with Crippen LogP contribution in [0.2, 0.25) is 0 Å². The van der Waals surface area contributed by atoms with Crippen LogP contribution in [-0.2, 0) is 9.59 Å². The third-order valence-electron chi connectivity index (χ3n) is 15.1. The molecule has 66 heavy (non-hydrogen) atoms. The Hall–Kier alpha value is -1.58. The van der Waals surface area contributed by atoms with Crippen LogP contribution < -0.4 is 11.5 Å². The summed E-state index contributed by atoms with van der Waals surface area (Å²) in [6.45, 7) is 6.86. The molecule has 0 fully saturated rings. The van der Waals surface area contributed by atoms with Crippen LogP contribution in [0.4, 0.5) is 0 Å². The number of allylic oxidation sites excluding steroid dienone is 4. The van der Waals surface area contributed by atoms with Crippen molar-refractivity contribution in [1.29, 1.82) is 0 Å². The first kappa shape index (κ1) is 64.4. The van der Waals surface area contributed by atoms with Crippen molar-refractivity contribution in [3.8, 4) is 0 Å². The van der Waals surface area contributed by atoms with Crippen LogP contribution in [0.25, 0.3) is 0 Å². The Balaban J connectivity index is 4.72. The SMILES string of the molecule is CCCCCCCC/C=C\CCCCCCCCCCC(C(N)=O)C(CCCCCCCCCC/C=C\CCCCCCCC)(CCCCCCCCCCCCCCCCCC)C(N)=O. The number of primary amides is 2. The van der Waals surface area contributed by atoms with Gasteiger partial charge in [0.05, 0.1) is 11.3 Å². The number of nitrogens with two attached hydrogens (primary N) is 2. The molecule has 4 heteroatoms. The summed E-state index contributed by atoms with van der Waals surface area (Å²) in [6.07, 6.45) is 74.0. The molecule has 0 rings (SSSR count). The van der Waals surface area contributed by atoms with Gasteiger partial charge in [0.1, 0.15) is 0 Å². The summed E-state index contributed by atoms with van der Waals surface area (Å²) in [4.78, 5) is 26.8. The zero-order valence-corrected chi connectivity index (χ0v) is 45.4. The van der Waals surface area contributed by atoms with E-state index in [-0.39, 0.29) is 11.8 Å². The van der Waals surface area contributed by atoms with Crippen molar-refractivity contribution in [3.63, 3.8) is 0 Å². The Labute approximate surface area is 415 Å². The quantitative estimate of drug-likeness (QED) is 0.0470. The Morgan fingerprint density at radius 1 is 0.318 bits per heavy atom. The lowest BCUT2D eigenvalue weighted by Gasteiger charge is -2.37. The van der Waals surface area contributed by atoms with E-state index in [1.54, 1.807) is 0 Å². The van der Waals surface area contributed by atoms with Gasteiger partial charge in [0.25, 0.3) is 0 Å². The lowest BCUT2D eigenvalue weighted by atomic mass is 9.65. The third-order valence-corrected chi connectivity index (χ3v) is 15.1. The Morgan fingerprint density at radius 3 is 0.758 bits per heavy atom. The fourth-order valence-corrected chi connectivity index (χ4v) is 10.6. The summed E-state index contributed by atoms with van der Waals surface area (Å²) in [5.74, 6) is -1.02. The molecular weight excluding hydrogens is 805 g/mol. The number of rotatable bonds is 56. The van der Waals surface area contributed by atoms with Crippen molar-refractivity contribution in [2.45, 2.75) is 348 Å². The summed E-state index contributed by atoms with van der Waals surface area (Å²) in [7, 11) is 0. The van der Waals surface area contributed by atoms with E-state index in [1.165, 1.54) is 270 Å². The average Bonchev–Trinajstić information content (AvgIpc) is 3.31. The van der Waals surface area contributed by atoms with Gasteiger partial charge in [-0.25, -0.2) is 0 Å². The summed E-state index contributed by atoms with van der Waals surface area (Å²) in [6, 6.07) is 0. The highest BCUT2D eigenvalue weighted by Crippen LogP contribution is 2.42. The first-order valence-electron chi connectivity index (χ1n) is 30.3. The van der Waals surface area contributed by atoms with E-state index in [0.717, 1.165) is 44.9 Å². The number of unbranched alkanes of at least 4 members (excludes halogenated alkanes) is 43. The monoisotopic (exact) mass is 925 g/mol. The maximum atomic E-state index is 13.6. The fourth-order valence-electron chi connectivity index (χ4n) is 10.6. The maximum Gasteiger partial charge on any atom is 0.224 e. The normalized spacial score (nSPS) is 13.3. The lowest BCUT2D eigenvalue weighted by molar-refractivity contribution is -0.140. The van der Waals surface area contributed by atoms with Crippen LogP contribution in [0.15, 0.2) is 24.3 Å². The molecule has 0 saturated heterocycles. The smallest absolute Gasteiger partial charge is 0.224 e. The molecule has 0 aromatic carbocycles. The van der Waals surface area contributed by atoms with E-state index in [2.05, 4.69) is 45.1 Å². The van der Waals surface area contributed by atoms with E-state index < -0.39 is 11.3 Å². The van der Waals surface area contributed by atoms with Gasteiger partial charge in [-0.3, -0.25) is 9.59 Å². The highest BCUT2D eigenvalue weighted by Gasteiger charge is 2.45.